The Morgan fingerprint density at radius 1 is 1.58 bits per heavy atom. The highest BCUT2D eigenvalue weighted by atomic mass is 16.4. The van der Waals surface area contributed by atoms with Gasteiger partial charge >= 0.3 is 5.97 Å². The van der Waals surface area contributed by atoms with E-state index in [0.29, 0.717) is 25.0 Å². The number of aliphatic carboxylic acids is 1. The summed E-state index contributed by atoms with van der Waals surface area (Å²) in [6, 6.07) is 0. The Kier molecular flexibility index (Phi) is 6.38. The first-order chi connectivity index (χ1) is 5.72. The summed E-state index contributed by atoms with van der Waals surface area (Å²) >= 11 is 0. The van der Waals surface area contributed by atoms with Crippen molar-refractivity contribution >= 4 is 5.97 Å². The third-order valence-corrected chi connectivity index (χ3v) is 1.63. The van der Waals surface area contributed by atoms with Crippen LogP contribution >= 0.6 is 0 Å². The standard InChI is InChI=1S/C9H17NO2/c1-2-3-5-8(9(11)12)6-4-7-10/h6H,2-5,7,10H2,1H3,(H,11,12). The third-order valence-electron chi connectivity index (χ3n) is 1.63. The number of carboxylic acids is 1. The van der Waals surface area contributed by atoms with Crippen LogP contribution in [0.2, 0.25) is 0 Å². The number of rotatable bonds is 6. The molecule has 3 nitrogen and oxygen atoms in total. The molecule has 0 unspecified atom stereocenters. The Morgan fingerprint density at radius 3 is 2.67 bits per heavy atom. The lowest BCUT2D eigenvalue weighted by Gasteiger charge is -1.99. The molecule has 0 fully saturated rings. The zero-order valence-corrected chi connectivity index (χ0v) is 7.55. The van der Waals surface area contributed by atoms with Crippen molar-refractivity contribution in [2.75, 3.05) is 6.54 Å². The van der Waals surface area contributed by atoms with E-state index < -0.39 is 5.97 Å². The molecule has 0 rings (SSSR count). The average Bonchev–Trinajstić information content (AvgIpc) is 2.04. The van der Waals surface area contributed by atoms with Gasteiger partial charge in [0.25, 0.3) is 0 Å². The molecular weight excluding hydrogens is 154 g/mol. The van der Waals surface area contributed by atoms with Crippen LogP contribution in [0.1, 0.15) is 32.6 Å². The second-order valence-electron chi connectivity index (χ2n) is 2.72. The highest BCUT2D eigenvalue weighted by Crippen LogP contribution is 2.07. The highest BCUT2D eigenvalue weighted by Gasteiger charge is 2.04. The van der Waals surface area contributed by atoms with Gasteiger partial charge in [-0.2, -0.15) is 0 Å². The summed E-state index contributed by atoms with van der Waals surface area (Å²) in [7, 11) is 0. The molecule has 70 valence electrons. The van der Waals surface area contributed by atoms with E-state index in [1.807, 2.05) is 6.92 Å². The van der Waals surface area contributed by atoms with E-state index in [2.05, 4.69) is 0 Å². The van der Waals surface area contributed by atoms with E-state index in [1.165, 1.54) is 0 Å². The van der Waals surface area contributed by atoms with Gasteiger partial charge in [0.2, 0.25) is 0 Å². The minimum atomic E-state index is -0.808. The zero-order valence-electron chi connectivity index (χ0n) is 7.55. The molecule has 12 heavy (non-hydrogen) atoms. The molecule has 0 aliphatic rings. The lowest BCUT2D eigenvalue weighted by atomic mass is 10.1. The summed E-state index contributed by atoms with van der Waals surface area (Å²) in [5.74, 6) is -0.808. The maximum atomic E-state index is 10.6. The normalized spacial score (nSPS) is 11.7. The molecule has 0 aromatic heterocycles. The second kappa shape index (κ2) is 6.85. The molecule has 0 aromatic carbocycles. The molecule has 0 aliphatic carbocycles. The van der Waals surface area contributed by atoms with Gasteiger partial charge in [-0.15, -0.1) is 0 Å². The number of hydrogen-bond acceptors (Lipinski definition) is 2. The largest absolute Gasteiger partial charge is 0.478 e. The Balaban J connectivity index is 3.94. The molecule has 0 atom stereocenters. The van der Waals surface area contributed by atoms with Crippen LogP contribution in [0, 0.1) is 0 Å². The van der Waals surface area contributed by atoms with Crippen LogP contribution in [-0.4, -0.2) is 17.6 Å². The average molecular weight is 171 g/mol. The quantitative estimate of drug-likeness (QED) is 0.596. The lowest BCUT2D eigenvalue weighted by molar-refractivity contribution is -0.132. The van der Waals surface area contributed by atoms with Crippen molar-refractivity contribution in [1.29, 1.82) is 0 Å². The minimum absolute atomic E-state index is 0.502. The molecule has 0 radical (unpaired) electrons. The van der Waals surface area contributed by atoms with Gasteiger partial charge in [0, 0.05) is 5.57 Å². The number of carbonyl (C=O) groups is 1. The van der Waals surface area contributed by atoms with Crippen molar-refractivity contribution in [3.05, 3.63) is 11.6 Å². The van der Waals surface area contributed by atoms with E-state index in [1.54, 1.807) is 6.08 Å². The molecule has 0 heterocycles. The number of hydrogen-bond donors (Lipinski definition) is 2. The van der Waals surface area contributed by atoms with Crippen LogP contribution in [-0.2, 0) is 4.79 Å². The Morgan fingerprint density at radius 2 is 2.25 bits per heavy atom. The number of carboxylic acid groups (broad SMARTS) is 1. The summed E-state index contributed by atoms with van der Waals surface area (Å²) in [4.78, 5) is 10.6. The first-order valence-corrected chi connectivity index (χ1v) is 4.34. The van der Waals surface area contributed by atoms with Crippen molar-refractivity contribution < 1.29 is 9.90 Å². The van der Waals surface area contributed by atoms with Crippen molar-refractivity contribution in [2.24, 2.45) is 5.73 Å². The number of unbranched alkanes of at least 4 members (excludes halogenated alkanes) is 1. The topological polar surface area (TPSA) is 63.3 Å². The predicted octanol–water partition coefficient (Wildman–Crippen LogP) is 1.54. The Bertz CT molecular complexity index is 164. The van der Waals surface area contributed by atoms with Gasteiger partial charge in [-0.1, -0.05) is 19.4 Å². The van der Waals surface area contributed by atoms with Gasteiger partial charge < -0.3 is 10.8 Å². The first-order valence-electron chi connectivity index (χ1n) is 4.34. The van der Waals surface area contributed by atoms with E-state index in [-0.39, 0.29) is 0 Å². The van der Waals surface area contributed by atoms with Crippen LogP contribution < -0.4 is 5.73 Å². The molecule has 0 aromatic rings. The molecule has 0 aliphatic heterocycles. The van der Waals surface area contributed by atoms with E-state index >= 15 is 0 Å². The van der Waals surface area contributed by atoms with Crippen molar-refractivity contribution in [1.82, 2.24) is 0 Å². The molecule has 0 saturated carbocycles. The van der Waals surface area contributed by atoms with Crippen LogP contribution in [0.3, 0.4) is 0 Å². The maximum Gasteiger partial charge on any atom is 0.331 e. The van der Waals surface area contributed by atoms with Crippen LogP contribution in [0.5, 0.6) is 0 Å². The van der Waals surface area contributed by atoms with Crippen molar-refractivity contribution in [3.63, 3.8) is 0 Å². The highest BCUT2D eigenvalue weighted by molar-refractivity contribution is 5.86. The number of nitrogens with two attached hydrogens (primary N) is 1. The van der Waals surface area contributed by atoms with E-state index in [0.717, 1.165) is 12.8 Å². The van der Waals surface area contributed by atoms with Crippen LogP contribution in [0.4, 0.5) is 0 Å². The fourth-order valence-electron chi connectivity index (χ4n) is 0.921. The lowest BCUT2D eigenvalue weighted by Crippen LogP contribution is -2.03. The summed E-state index contributed by atoms with van der Waals surface area (Å²) < 4.78 is 0. The predicted molar refractivity (Wildman–Crippen MR) is 48.9 cm³/mol. The van der Waals surface area contributed by atoms with Crippen LogP contribution in [0.15, 0.2) is 11.6 Å². The minimum Gasteiger partial charge on any atom is -0.478 e. The van der Waals surface area contributed by atoms with E-state index in [4.69, 9.17) is 10.8 Å². The van der Waals surface area contributed by atoms with Crippen molar-refractivity contribution in [2.45, 2.75) is 32.6 Å². The molecule has 0 bridgehead atoms. The summed E-state index contributed by atoms with van der Waals surface area (Å²) in [6.07, 6.45) is 4.99. The van der Waals surface area contributed by atoms with Gasteiger partial charge in [-0.05, 0) is 25.8 Å². The van der Waals surface area contributed by atoms with Crippen molar-refractivity contribution in [3.8, 4) is 0 Å². The van der Waals surface area contributed by atoms with Gasteiger partial charge in [-0.25, -0.2) is 4.79 Å². The van der Waals surface area contributed by atoms with Gasteiger partial charge in [0.05, 0.1) is 0 Å². The summed E-state index contributed by atoms with van der Waals surface area (Å²) in [6.45, 7) is 2.56. The monoisotopic (exact) mass is 171 g/mol. The fraction of sp³-hybridized carbons (Fsp3) is 0.667. The van der Waals surface area contributed by atoms with Gasteiger partial charge in [0.15, 0.2) is 0 Å². The molecule has 0 saturated heterocycles. The zero-order chi connectivity index (χ0) is 9.40. The summed E-state index contributed by atoms with van der Waals surface area (Å²) in [5.41, 5.74) is 5.77. The maximum absolute atomic E-state index is 10.6. The smallest absolute Gasteiger partial charge is 0.331 e. The summed E-state index contributed by atoms with van der Waals surface area (Å²) in [5, 5.41) is 8.72. The second-order valence-corrected chi connectivity index (χ2v) is 2.72. The Labute approximate surface area is 73.3 Å². The fourth-order valence-corrected chi connectivity index (χ4v) is 0.921. The first kappa shape index (κ1) is 11.2. The molecule has 0 amide bonds. The van der Waals surface area contributed by atoms with Crippen LogP contribution in [0.25, 0.3) is 0 Å². The van der Waals surface area contributed by atoms with E-state index in [9.17, 15) is 4.79 Å². The molecule has 0 spiro atoms. The molecule has 3 N–H and O–H groups in total. The van der Waals surface area contributed by atoms with Gasteiger partial charge in [-0.3, -0.25) is 0 Å². The molecule has 3 heteroatoms. The third kappa shape index (κ3) is 4.91. The Hall–Kier alpha value is -0.830. The van der Waals surface area contributed by atoms with Gasteiger partial charge in [0.1, 0.15) is 0 Å². The SMILES string of the molecule is CCCCC(=CCCN)C(=O)O. The molecular formula is C9H17NO2.